The van der Waals surface area contributed by atoms with Crippen molar-refractivity contribution in [1.82, 2.24) is 4.72 Å². The van der Waals surface area contributed by atoms with E-state index in [4.69, 9.17) is 11.6 Å². The largest absolute Gasteiger partial charge is 0.324 e. The van der Waals surface area contributed by atoms with E-state index < -0.39 is 10.0 Å². The first kappa shape index (κ1) is 15.6. The summed E-state index contributed by atoms with van der Waals surface area (Å²) in [5, 5.41) is 3.44. The average Bonchev–Trinajstić information content (AvgIpc) is 2.48. The topological polar surface area (TPSA) is 70.6 Å². The molecule has 22 heavy (non-hydrogen) atoms. The third-order valence-electron chi connectivity index (χ3n) is 4.38. The number of hydrogen-bond donors (Lipinski definition) is 2. The third kappa shape index (κ3) is 3.22. The van der Waals surface area contributed by atoms with Crippen molar-refractivity contribution in [2.75, 3.05) is 5.32 Å². The van der Waals surface area contributed by atoms with E-state index in [0.717, 1.165) is 12.8 Å². The lowest BCUT2D eigenvalue weighted by Gasteiger charge is -2.27. The van der Waals surface area contributed by atoms with Gasteiger partial charge in [-0.1, -0.05) is 30.9 Å². The highest BCUT2D eigenvalue weighted by molar-refractivity contribution is 7.90. The smallest absolute Gasteiger partial charge is 0.266 e. The van der Waals surface area contributed by atoms with Gasteiger partial charge in [-0.3, -0.25) is 0 Å². The summed E-state index contributed by atoms with van der Waals surface area (Å²) in [5.41, 5.74) is 0.512. The molecule has 120 valence electrons. The lowest BCUT2D eigenvalue weighted by Crippen LogP contribution is -2.41. The van der Waals surface area contributed by atoms with Gasteiger partial charge < -0.3 is 5.32 Å². The van der Waals surface area contributed by atoms with Gasteiger partial charge in [-0.15, -0.1) is 0 Å². The van der Waals surface area contributed by atoms with Crippen LogP contribution in [0.1, 0.15) is 39.0 Å². The number of benzene rings is 1. The Bertz CT molecular complexity index is 697. The summed E-state index contributed by atoms with van der Waals surface area (Å²) in [6, 6.07) is 4.86. The van der Waals surface area contributed by atoms with Crippen LogP contribution >= 0.6 is 11.6 Å². The minimum absolute atomic E-state index is 0.0966. The van der Waals surface area contributed by atoms with Gasteiger partial charge in [0.2, 0.25) is 5.96 Å². The molecule has 1 aromatic carbocycles. The van der Waals surface area contributed by atoms with Crippen molar-refractivity contribution in [3.8, 4) is 0 Å². The number of nitrogens with one attached hydrogen (secondary N) is 2. The Hall–Kier alpha value is -1.27. The predicted octanol–water partition coefficient (Wildman–Crippen LogP) is 3.37. The molecule has 0 spiro atoms. The minimum Gasteiger partial charge on any atom is -0.324 e. The van der Waals surface area contributed by atoms with Crippen LogP contribution in [-0.2, 0) is 10.0 Å². The van der Waals surface area contributed by atoms with Crippen LogP contribution in [0.4, 0.5) is 5.69 Å². The molecule has 3 rings (SSSR count). The van der Waals surface area contributed by atoms with Gasteiger partial charge in [0.15, 0.2) is 0 Å². The third-order valence-corrected chi connectivity index (χ3v) is 6.00. The molecule has 1 atom stereocenters. The van der Waals surface area contributed by atoms with Gasteiger partial charge in [0.1, 0.15) is 4.90 Å². The van der Waals surface area contributed by atoms with Crippen molar-refractivity contribution in [2.45, 2.75) is 50.0 Å². The Morgan fingerprint density at radius 3 is 2.73 bits per heavy atom. The van der Waals surface area contributed by atoms with Crippen LogP contribution < -0.4 is 10.0 Å². The van der Waals surface area contributed by atoms with E-state index in [9.17, 15) is 8.42 Å². The highest BCUT2D eigenvalue weighted by Gasteiger charge is 2.28. The van der Waals surface area contributed by atoms with Crippen molar-refractivity contribution < 1.29 is 8.42 Å². The number of halogens is 1. The zero-order valence-electron chi connectivity index (χ0n) is 12.5. The van der Waals surface area contributed by atoms with Crippen LogP contribution in [0.25, 0.3) is 0 Å². The molecule has 0 aromatic heterocycles. The molecule has 1 heterocycles. The lowest BCUT2D eigenvalue weighted by molar-refractivity contribution is 0.317. The highest BCUT2D eigenvalue weighted by Crippen LogP contribution is 2.30. The van der Waals surface area contributed by atoms with Crippen molar-refractivity contribution in [3.05, 3.63) is 23.2 Å². The molecule has 5 nitrogen and oxygen atoms in total. The first-order chi connectivity index (χ1) is 10.5. The normalized spacial score (nSPS) is 24.2. The van der Waals surface area contributed by atoms with Gasteiger partial charge >= 0.3 is 0 Å². The first-order valence-corrected chi connectivity index (χ1v) is 9.49. The SMILES string of the molecule is C[C@@H](N=C1Nc2ccc(Cl)cc2S(=O)(=O)N1)C1CCCCC1. The fraction of sp³-hybridized carbons (Fsp3) is 0.533. The molecule has 0 radical (unpaired) electrons. The molecule has 1 aliphatic heterocycles. The molecule has 7 heteroatoms. The maximum absolute atomic E-state index is 12.3. The molecule has 1 saturated carbocycles. The minimum atomic E-state index is -3.62. The molecular formula is C15H20ClN3O2S. The number of aliphatic imine (C=N–C) groups is 1. The summed E-state index contributed by atoms with van der Waals surface area (Å²) in [6.07, 6.45) is 6.09. The van der Waals surface area contributed by atoms with Crippen LogP contribution in [0.15, 0.2) is 28.1 Å². The fourth-order valence-corrected chi connectivity index (χ4v) is 4.54. The number of nitrogens with zero attached hydrogens (tertiary/aromatic N) is 1. The van der Waals surface area contributed by atoms with Gasteiger partial charge in [0.05, 0.1) is 11.7 Å². The number of anilines is 1. The highest BCUT2D eigenvalue weighted by atomic mass is 35.5. The molecule has 1 aliphatic carbocycles. The van der Waals surface area contributed by atoms with Gasteiger partial charge in [-0.2, -0.15) is 0 Å². The molecular weight excluding hydrogens is 322 g/mol. The molecule has 2 aliphatic rings. The maximum Gasteiger partial charge on any atom is 0.266 e. The second-order valence-electron chi connectivity index (χ2n) is 5.99. The Kier molecular flexibility index (Phi) is 4.32. The molecule has 1 fully saturated rings. The van der Waals surface area contributed by atoms with E-state index in [1.165, 1.54) is 25.3 Å². The Labute approximate surface area is 136 Å². The molecule has 2 N–H and O–H groups in total. The van der Waals surface area contributed by atoms with E-state index in [1.807, 2.05) is 0 Å². The van der Waals surface area contributed by atoms with Gasteiger partial charge in [0.25, 0.3) is 10.0 Å². The molecule has 1 aromatic rings. The monoisotopic (exact) mass is 341 g/mol. The van der Waals surface area contributed by atoms with Crippen LogP contribution in [0, 0.1) is 5.92 Å². The zero-order valence-corrected chi connectivity index (χ0v) is 14.0. The summed E-state index contributed by atoms with van der Waals surface area (Å²) < 4.78 is 27.1. The number of sulfonamides is 1. The van der Waals surface area contributed by atoms with Crippen LogP contribution in [-0.4, -0.2) is 20.4 Å². The first-order valence-electron chi connectivity index (χ1n) is 7.63. The standard InChI is InChI=1S/C15H20ClN3O2S/c1-10(11-5-3-2-4-6-11)17-15-18-13-8-7-12(16)9-14(13)22(20,21)19-15/h7-11H,2-6H2,1H3,(H2,17,18,19)/t10-/m1/s1. The lowest BCUT2D eigenvalue weighted by atomic mass is 9.85. The second kappa shape index (κ2) is 6.08. The predicted molar refractivity (Wildman–Crippen MR) is 88.9 cm³/mol. The van der Waals surface area contributed by atoms with E-state index in [1.54, 1.807) is 12.1 Å². The number of rotatable bonds is 2. The second-order valence-corrected chi connectivity index (χ2v) is 8.07. The van der Waals surface area contributed by atoms with Crippen molar-refractivity contribution in [3.63, 3.8) is 0 Å². The number of guanidine groups is 1. The van der Waals surface area contributed by atoms with E-state index in [-0.39, 0.29) is 10.9 Å². The van der Waals surface area contributed by atoms with Crippen molar-refractivity contribution in [2.24, 2.45) is 10.9 Å². The maximum atomic E-state index is 12.3. The Morgan fingerprint density at radius 2 is 2.00 bits per heavy atom. The van der Waals surface area contributed by atoms with Crippen molar-refractivity contribution in [1.29, 1.82) is 0 Å². The van der Waals surface area contributed by atoms with Crippen LogP contribution in [0.5, 0.6) is 0 Å². The van der Waals surface area contributed by atoms with Crippen LogP contribution in [0.2, 0.25) is 5.02 Å². The van der Waals surface area contributed by atoms with Crippen LogP contribution in [0.3, 0.4) is 0 Å². The molecule has 0 bridgehead atoms. The zero-order chi connectivity index (χ0) is 15.7. The fourth-order valence-electron chi connectivity index (χ4n) is 3.14. The van der Waals surface area contributed by atoms with E-state index >= 15 is 0 Å². The molecule has 0 amide bonds. The van der Waals surface area contributed by atoms with E-state index in [2.05, 4.69) is 22.0 Å². The summed E-state index contributed by atoms with van der Waals surface area (Å²) in [5.74, 6) is 0.826. The molecule has 0 saturated heterocycles. The summed E-state index contributed by atoms with van der Waals surface area (Å²) in [7, 11) is -3.62. The Morgan fingerprint density at radius 1 is 1.27 bits per heavy atom. The number of fused-ring (bicyclic) bond motifs is 1. The Balaban J connectivity index is 1.85. The van der Waals surface area contributed by atoms with Gasteiger partial charge in [-0.25, -0.2) is 18.1 Å². The average molecular weight is 342 g/mol. The van der Waals surface area contributed by atoms with Gasteiger partial charge in [0, 0.05) is 5.02 Å². The summed E-state index contributed by atoms with van der Waals surface area (Å²) in [6.45, 7) is 2.05. The van der Waals surface area contributed by atoms with Crippen molar-refractivity contribution >= 4 is 33.3 Å². The summed E-state index contributed by atoms with van der Waals surface area (Å²) >= 11 is 5.88. The van der Waals surface area contributed by atoms with E-state index in [0.29, 0.717) is 22.6 Å². The summed E-state index contributed by atoms with van der Waals surface area (Å²) in [4.78, 5) is 4.72. The molecule has 0 unspecified atom stereocenters. The number of hydrogen-bond acceptors (Lipinski definition) is 3. The van der Waals surface area contributed by atoms with Gasteiger partial charge in [-0.05, 0) is 43.9 Å². The quantitative estimate of drug-likeness (QED) is 0.866.